The van der Waals surface area contributed by atoms with Gasteiger partial charge in [-0.05, 0) is 22.9 Å². The predicted molar refractivity (Wildman–Crippen MR) is 104 cm³/mol. The molecule has 0 heterocycles. The molecule has 4 aromatic rings. The molecular formula is C22H14O6. The molecule has 4 aromatic carbocycles. The van der Waals surface area contributed by atoms with E-state index < -0.39 is 11.9 Å². The summed E-state index contributed by atoms with van der Waals surface area (Å²) in [6, 6.07) is 15.4. The second-order valence-electron chi connectivity index (χ2n) is 6.34. The van der Waals surface area contributed by atoms with Crippen molar-refractivity contribution >= 4 is 33.5 Å². The number of hydrogen-bond acceptors (Lipinski definition) is 4. The Morgan fingerprint density at radius 1 is 0.571 bits per heavy atom. The first-order valence-electron chi connectivity index (χ1n) is 8.36. The van der Waals surface area contributed by atoms with Crippen molar-refractivity contribution in [3.8, 4) is 22.6 Å². The van der Waals surface area contributed by atoms with Gasteiger partial charge in [-0.15, -0.1) is 0 Å². The van der Waals surface area contributed by atoms with Crippen molar-refractivity contribution in [2.75, 3.05) is 0 Å². The Balaban J connectivity index is 2.16. The van der Waals surface area contributed by atoms with Crippen LogP contribution in [0.4, 0.5) is 0 Å². The number of aromatic carboxylic acids is 2. The zero-order valence-electron chi connectivity index (χ0n) is 14.4. The first-order valence-corrected chi connectivity index (χ1v) is 8.36. The molecule has 0 aliphatic carbocycles. The summed E-state index contributed by atoms with van der Waals surface area (Å²) in [6.45, 7) is 0. The van der Waals surface area contributed by atoms with Crippen LogP contribution in [-0.4, -0.2) is 32.4 Å². The lowest BCUT2D eigenvalue weighted by molar-refractivity contribution is 0.0688. The summed E-state index contributed by atoms with van der Waals surface area (Å²) in [5, 5.41) is 42.0. The molecule has 4 N–H and O–H groups in total. The fourth-order valence-corrected chi connectivity index (χ4v) is 3.48. The van der Waals surface area contributed by atoms with Crippen LogP contribution in [0.1, 0.15) is 20.7 Å². The van der Waals surface area contributed by atoms with E-state index in [0.717, 1.165) is 0 Å². The number of hydrogen-bond donors (Lipinski definition) is 4. The number of rotatable bonds is 3. The highest BCUT2D eigenvalue weighted by molar-refractivity contribution is 6.12. The summed E-state index contributed by atoms with van der Waals surface area (Å²) in [4.78, 5) is 23.5. The van der Waals surface area contributed by atoms with Crippen LogP contribution < -0.4 is 0 Å². The monoisotopic (exact) mass is 374 g/mol. The number of phenols is 2. The molecule has 0 atom stereocenters. The zero-order valence-corrected chi connectivity index (χ0v) is 14.4. The van der Waals surface area contributed by atoms with Gasteiger partial charge in [-0.2, -0.15) is 0 Å². The first-order chi connectivity index (χ1) is 13.4. The Hall–Kier alpha value is -4.06. The second kappa shape index (κ2) is 6.28. The Morgan fingerprint density at radius 2 is 0.893 bits per heavy atom. The van der Waals surface area contributed by atoms with Gasteiger partial charge in [0.25, 0.3) is 0 Å². The Bertz CT molecular complexity index is 1190. The molecular weight excluding hydrogens is 360 g/mol. The van der Waals surface area contributed by atoms with Crippen molar-refractivity contribution < 1.29 is 30.0 Å². The van der Waals surface area contributed by atoms with E-state index in [2.05, 4.69) is 0 Å². The number of carboxylic acid groups (broad SMARTS) is 2. The van der Waals surface area contributed by atoms with Gasteiger partial charge in [-0.1, -0.05) is 48.5 Å². The Labute approximate surface area is 158 Å². The van der Waals surface area contributed by atoms with Crippen LogP contribution in [0.3, 0.4) is 0 Å². The van der Waals surface area contributed by atoms with Crippen molar-refractivity contribution in [2.45, 2.75) is 0 Å². The van der Waals surface area contributed by atoms with E-state index in [9.17, 15) is 30.0 Å². The van der Waals surface area contributed by atoms with Gasteiger partial charge in [0, 0.05) is 21.9 Å². The normalized spacial score (nSPS) is 11.0. The van der Waals surface area contributed by atoms with Gasteiger partial charge in [0.1, 0.15) is 11.5 Å². The molecule has 0 bridgehead atoms. The number of aromatic hydroxyl groups is 2. The number of carboxylic acids is 2. The summed E-state index contributed by atoms with van der Waals surface area (Å²) in [6.07, 6.45) is 0. The minimum absolute atomic E-state index is 0.0434. The van der Waals surface area contributed by atoms with Crippen LogP contribution in [0, 0.1) is 0 Å². The van der Waals surface area contributed by atoms with Gasteiger partial charge in [0.2, 0.25) is 0 Å². The number of carbonyl (C=O) groups is 2. The zero-order chi connectivity index (χ0) is 20.0. The maximum Gasteiger partial charge on any atom is 0.336 e. The van der Waals surface area contributed by atoms with E-state index >= 15 is 0 Å². The number of phenolic OH excluding ortho intramolecular Hbond substituents is 2. The molecule has 6 heteroatoms. The van der Waals surface area contributed by atoms with Gasteiger partial charge < -0.3 is 20.4 Å². The maximum absolute atomic E-state index is 11.7. The highest BCUT2D eigenvalue weighted by Gasteiger charge is 2.22. The summed E-state index contributed by atoms with van der Waals surface area (Å²) >= 11 is 0. The van der Waals surface area contributed by atoms with Crippen LogP contribution >= 0.6 is 0 Å². The fourth-order valence-electron chi connectivity index (χ4n) is 3.48. The topological polar surface area (TPSA) is 115 Å². The van der Waals surface area contributed by atoms with E-state index in [-0.39, 0.29) is 33.8 Å². The average molecular weight is 374 g/mol. The van der Waals surface area contributed by atoms with Crippen LogP contribution in [0.15, 0.2) is 60.7 Å². The summed E-state index contributed by atoms with van der Waals surface area (Å²) < 4.78 is 0. The molecule has 0 amide bonds. The van der Waals surface area contributed by atoms with E-state index in [1.807, 2.05) is 0 Å². The van der Waals surface area contributed by atoms with Gasteiger partial charge in [-0.25, -0.2) is 9.59 Å². The molecule has 4 rings (SSSR count). The highest BCUT2D eigenvalue weighted by Crippen LogP contribution is 2.44. The molecule has 0 aliphatic heterocycles. The van der Waals surface area contributed by atoms with Gasteiger partial charge >= 0.3 is 11.9 Å². The van der Waals surface area contributed by atoms with Gasteiger partial charge in [-0.3, -0.25) is 0 Å². The van der Waals surface area contributed by atoms with Crippen LogP contribution in [0.5, 0.6) is 11.5 Å². The van der Waals surface area contributed by atoms with Crippen LogP contribution in [-0.2, 0) is 0 Å². The Kier molecular flexibility index (Phi) is 3.89. The predicted octanol–water partition coefficient (Wildman–Crippen LogP) is 4.47. The minimum atomic E-state index is -1.20. The number of benzene rings is 4. The maximum atomic E-state index is 11.7. The Morgan fingerprint density at radius 3 is 1.21 bits per heavy atom. The van der Waals surface area contributed by atoms with Crippen molar-refractivity contribution in [1.82, 2.24) is 0 Å². The van der Waals surface area contributed by atoms with E-state index in [4.69, 9.17) is 0 Å². The molecule has 0 spiro atoms. The molecule has 0 unspecified atom stereocenters. The highest BCUT2D eigenvalue weighted by atomic mass is 16.4. The third-order valence-corrected chi connectivity index (χ3v) is 4.78. The summed E-state index contributed by atoms with van der Waals surface area (Å²) in [5.74, 6) is -2.86. The lowest BCUT2D eigenvalue weighted by Crippen LogP contribution is -2.01. The SMILES string of the molecule is O=C(O)c1cc(-c2cc(C(=O)O)c3ccccc3c2O)c(O)c2ccccc12. The molecule has 0 aromatic heterocycles. The molecule has 28 heavy (non-hydrogen) atoms. The van der Waals surface area contributed by atoms with E-state index in [1.54, 1.807) is 48.5 Å². The lowest BCUT2D eigenvalue weighted by Gasteiger charge is -2.15. The van der Waals surface area contributed by atoms with Crippen molar-refractivity contribution in [3.63, 3.8) is 0 Å². The third-order valence-electron chi connectivity index (χ3n) is 4.78. The van der Waals surface area contributed by atoms with E-state index in [0.29, 0.717) is 21.5 Å². The smallest absolute Gasteiger partial charge is 0.336 e. The minimum Gasteiger partial charge on any atom is -0.507 e. The van der Waals surface area contributed by atoms with Crippen LogP contribution in [0.2, 0.25) is 0 Å². The van der Waals surface area contributed by atoms with Gasteiger partial charge in [0.15, 0.2) is 0 Å². The standard InChI is InChI=1S/C22H14O6/c23-19-13-7-3-1-5-11(13)17(21(25)26)9-15(19)16-10-18(22(27)28)12-6-2-4-8-14(12)20(16)24/h1-10,23-24H,(H,25,26)(H,27,28). The van der Waals surface area contributed by atoms with Crippen molar-refractivity contribution in [2.24, 2.45) is 0 Å². The third kappa shape index (κ3) is 2.51. The summed E-state index contributed by atoms with van der Waals surface area (Å²) in [5.41, 5.74) is -0.0376. The molecule has 0 saturated carbocycles. The largest absolute Gasteiger partial charge is 0.507 e. The molecule has 138 valence electrons. The van der Waals surface area contributed by atoms with E-state index in [1.165, 1.54) is 12.1 Å². The quantitative estimate of drug-likeness (QED) is 0.421. The second-order valence-corrected chi connectivity index (χ2v) is 6.34. The molecule has 0 aliphatic rings. The van der Waals surface area contributed by atoms with Crippen molar-refractivity contribution in [3.05, 3.63) is 71.8 Å². The van der Waals surface area contributed by atoms with Gasteiger partial charge in [0.05, 0.1) is 11.1 Å². The summed E-state index contributed by atoms with van der Waals surface area (Å²) in [7, 11) is 0. The average Bonchev–Trinajstić information content (AvgIpc) is 2.69. The first kappa shape index (κ1) is 17.4. The van der Waals surface area contributed by atoms with Crippen LogP contribution in [0.25, 0.3) is 32.7 Å². The molecule has 0 saturated heterocycles. The molecule has 6 nitrogen and oxygen atoms in total. The van der Waals surface area contributed by atoms with Crippen molar-refractivity contribution in [1.29, 1.82) is 0 Å². The number of fused-ring (bicyclic) bond motifs is 2. The molecule has 0 radical (unpaired) electrons. The molecule has 0 fully saturated rings. The fraction of sp³-hybridized carbons (Fsp3) is 0. The lowest BCUT2D eigenvalue weighted by atomic mass is 9.91.